The standard InChI is InChI=1S/C35H56O13/c1-19-14-15-27(37)46-22(4)24(18-44-34-32(43-9)31(42-8)28(38)23(5)47-34)12-10-11-13-26(36)35(6,40)17-20(2)30(19)48-33-29(39)25(41-7)16-21(3)45-33/h10-15,19-25,28-34,38-40H,16-18H2,1-9H3/b12-10+,13-11+,15-14+/t19-,20+,21+,22+,23+,24+,25-,28+,29+,30-,31+,32+,33-,34+,35-/m0/s1. The molecule has 15 atom stereocenters. The van der Waals surface area contributed by atoms with Gasteiger partial charge in [-0.15, -0.1) is 0 Å². The molecule has 3 aliphatic heterocycles. The highest BCUT2D eigenvalue weighted by atomic mass is 16.7. The third-order valence-corrected chi connectivity index (χ3v) is 9.43. The summed E-state index contributed by atoms with van der Waals surface area (Å²) >= 11 is 0. The zero-order valence-corrected chi connectivity index (χ0v) is 29.6. The van der Waals surface area contributed by atoms with E-state index in [1.807, 2.05) is 20.8 Å². The van der Waals surface area contributed by atoms with Crippen molar-refractivity contribution in [2.75, 3.05) is 27.9 Å². The molecule has 3 rings (SSSR count). The number of allylic oxidation sites excluding steroid dienone is 2. The minimum absolute atomic E-state index is 0.0321. The van der Waals surface area contributed by atoms with Crippen molar-refractivity contribution in [3.05, 3.63) is 36.5 Å². The van der Waals surface area contributed by atoms with Gasteiger partial charge < -0.3 is 53.2 Å². The van der Waals surface area contributed by atoms with Crippen molar-refractivity contribution in [1.82, 2.24) is 0 Å². The minimum atomic E-state index is -1.73. The van der Waals surface area contributed by atoms with E-state index in [-0.39, 0.29) is 19.1 Å². The summed E-state index contributed by atoms with van der Waals surface area (Å²) in [5.41, 5.74) is -1.73. The number of rotatable bonds is 8. The number of ether oxygens (including phenoxy) is 8. The first-order valence-electron chi connectivity index (χ1n) is 16.7. The van der Waals surface area contributed by atoms with Crippen LogP contribution >= 0.6 is 0 Å². The summed E-state index contributed by atoms with van der Waals surface area (Å²) in [6.45, 7) is 10.4. The number of hydrogen-bond donors (Lipinski definition) is 3. The fraction of sp³-hybridized carbons (Fsp3) is 0.771. The Bertz CT molecular complexity index is 1120. The smallest absolute Gasteiger partial charge is 0.330 e. The Labute approximate surface area is 284 Å². The predicted octanol–water partition coefficient (Wildman–Crippen LogP) is 2.25. The maximum absolute atomic E-state index is 13.2. The van der Waals surface area contributed by atoms with Crippen molar-refractivity contribution in [1.29, 1.82) is 0 Å². The number of carbonyl (C=O) groups excluding carboxylic acids is 2. The molecule has 0 aromatic heterocycles. The lowest BCUT2D eigenvalue weighted by atomic mass is 9.82. The lowest BCUT2D eigenvalue weighted by Crippen LogP contribution is -2.59. The van der Waals surface area contributed by atoms with Crippen LogP contribution in [0.25, 0.3) is 0 Å². The molecule has 2 saturated heterocycles. The number of carbonyl (C=O) groups is 2. The molecule has 274 valence electrons. The van der Waals surface area contributed by atoms with Crippen LogP contribution in [0, 0.1) is 17.8 Å². The molecular formula is C35H56O13. The highest BCUT2D eigenvalue weighted by molar-refractivity contribution is 5.96. The molecule has 0 aliphatic carbocycles. The maximum atomic E-state index is 13.2. The van der Waals surface area contributed by atoms with Gasteiger partial charge in [-0.1, -0.05) is 38.2 Å². The second-order valence-electron chi connectivity index (χ2n) is 13.4. The van der Waals surface area contributed by atoms with Crippen molar-refractivity contribution >= 4 is 11.8 Å². The Morgan fingerprint density at radius 1 is 0.833 bits per heavy atom. The van der Waals surface area contributed by atoms with E-state index in [0.29, 0.717) is 6.42 Å². The van der Waals surface area contributed by atoms with Gasteiger partial charge in [0, 0.05) is 45.7 Å². The Hall–Kier alpha value is -2.04. The summed E-state index contributed by atoms with van der Waals surface area (Å²) in [6.07, 6.45) is 1.67. The number of cyclic esters (lactones) is 1. The van der Waals surface area contributed by atoms with Gasteiger partial charge in [-0.05, 0) is 46.1 Å². The van der Waals surface area contributed by atoms with Crippen LogP contribution in [-0.4, -0.2) is 128 Å². The topological polar surface area (TPSA) is 169 Å². The predicted molar refractivity (Wildman–Crippen MR) is 174 cm³/mol. The zero-order valence-electron chi connectivity index (χ0n) is 29.6. The third-order valence-electron chi connectivity index (χ3n) is 9.43. The van der Waals surface area contributed by atoms with E-state index in [9.17, 15) is 24.9 Å². The van der Waals surface area contributed by atoms with E-state index in [0.717, 1.165) is 0 Å². The summed E-state index contributed by atoms with van der Waals surface area (Å²) in [5.74, 6) is -2.42. The molecule has 48 heavy (non-hydrogen) atoms. The molecule has 13 heteroatoms. The third kappa shape index (κ3) is 10.5. The summed E-state index contributed by atoms with van der Waals surface area (Å²) in [4.78, 5) is 26.2. The van der Waals surface area contributed by atoms with E-state index in [2.05, 4.69) is 0 Å². The second kappa shape index (κ2) is 18.3. The van der Waals surface area contributed by atoms with Gasteiger partial charge in [0.2, 0.25) is 0 Å². The minimum Gasteiger partial charge on any atom is -0.459 e. The highest BCUT2D eigenvalue weighted by Gasteiger charge is 2.45. The van der Waals surface area contributed by atoms with Crippen molar-refractivity contribution in [3.63, 3.8) is 0 Å². The van der Waals surface area contributed by atoms with Gasteiger partial charge in [0.25, 0.3) is 0 Å². The van der Waals surface area contributed by atoms with Crippen LogP contribution in [0.1, 0.15) is 54.4 Å². The Balaban J connectivity index is 1.85. The van der Waals surface area contributed by atoms with Crippen LogP contribution < -0.4 is 0 Å². The largest absolute Gasteiger partial charge is 0.459 e. The summed E-state index contributed by atoms with van der Waals surface area (Å²) in [6, 6.07) is 0. The van der Waals surface area contributed by atoms with E-state index < -0.39 is 96.5 Å². The second-order valence-corrected chi connectivity index (χ2v) is 13.4. The molecular weight excluding hydrogens is 628 g/mol. The number of ketones is 1. The molecule has 3 N–H and O–H groups in total. The monoisotopic (exact) mass is 684 g/mol. The van der Waals surface area contributed by atoms with E-state index in [4.69, 9.17) is 37.9 Å². The first kappa shape index (κ1) is 40.4. The highest BCUT2D eigenvalue weighted by Crippen LogP contribution is 2.32. The van der Waals surface area contributed by atoms with Gasteiger partial charge in [0.05, 0.1) is 31.0 Å². The molecule has 0 aromatic carbocycles. The molecule has 0 aromatic rings. The summed E-state index contributed by atoms with van der Waals surface area (Å²) < 4.78 is 46.5. The molecule has 0 bridgehead atoms. The van der Waals surface area contributed by atoms with E-state index >= 15 is 0 Å². The first-order chi connectivity index (χ1) is 22.6. The fourth-order valence-electron chi connectivity index (χ4n) is 6.50. The van der Waals surface area contributed by atoms with Gasteiger partial charge in [-0.2, -0.15) is 0 Å². The first-order valence-corrected chi connectivity index (χ1v) is 16.7. The number of hydrogen-bond acceptors (Lipinski definition) is 13. The molecule has 0 saturated carbocycles. The van der Waals surface area contributed by atoms with Crippen LogP contribution in [0.15, 0.2) is 36.5 Å². The molecule has 0 radical (unpaired) electrons. The lowest BCUT2D eigenvalue weighted by Gasteiger charge is -2.42. The molecule has 3 aliphatic rings. The molecule has 0 spiro atoms. The van der Waals surface area contributed by atoms with E-state index in [1.54, 1.807) is 32.1 Å². The quantitative estimate of drug-likeness (QED) is 0.319. The zero-order chi connectivity index (χ0) is 35.8. The van der Waals surface area contributed by atoms with Crippen molar-refractivity contribution in [2.45, 2.75) is 128 Å². The van der Waals surface area contributed by atoms with Crippen LogP contribution in [0.3, 0.4) is 0 Å². The fourth-order valence-corrected chi connectivity index (χ4v) is 6.50. The van der Waals surface area contributed by atoms with Crippen molar-refractivity contribution in [3.8, 4) is 0 Å². The van der Waals surface area contributed by atoms with Crippen molar-refractivity contribution in [2.24, 2.45) is 17.8 Å². The molecule has 2 fully saturated rings. The Morgan fingerprint density at radius 2 is 1.52 bits per heavy atom. The number of aliphatic hydroxyl groups excluding tert-OH is 2. The normalized spacial score (nSPS) is 45.7. The average Bonchev–Trinajstić information content (AvgIpc) is 3.03. The van der Waals surface area contributed by atoms with Gasteiger partial charge >= 0.3 is 5.97 Å². The van der Waals surface area contributed by atoms with Gasteiger partial charge in [-0.25, -0.2) is 4.79 Å². The van der Waals surface area contributed by atoms with E-state index in [1.165, 1.54) is 46.5 Å². The average molecular weight is 685 g/mol. The molecule has 0 amide bonds. The SMILES string of the molecule is CO[C@@H]1[C@H](O)[C@@H](C)O[C@@H](OC[C@H]2/C=C/C=C/C(=O)[C@@](C)(O)C[C@@H](C)[C@@H](O[C@@H]3O[C@H](C)C[C@H](OC)[C@H]3O)[C@@H](C)/C=C/C(=O)O[C@@H]2C)[C@@H]1OC. The van der Waals surface area contributed by atoms with Crippen molar-refractivity contribution < 1.29 is 62.8 Å². The number of aliphatic hydroxyl groups is 3. The van der Waals surface area contributed by atoms with Crippen LogP contribution in [0.4, 0.5) is 0 Å². The van der Waals surface area contributed by atoms with Gasteiger partial charge in [0.1, 0.15) is 36.1 Å². The Kier molecular flexibility index (Phi) is 15.4. The summed E-state index contributed by atoms with van der Waals surface area (Å²) in [5, 5.41) is 32.6. The Morgan fingerprint density at radius 3 is 2.17 bits per heavy atom. The lowest BCUT2D eigenvalue weighted by molar-refractivity contribution is -0.304. The van der Waals surface area contributed by atoms with Gasteiger partial charge in [-0.3, -0.25) is 4.79 Å². The molecule has 3 heterocycles. The van der Waals surface area contributed by atoms with Gasteiger partial charge in [0.15, 0.2) is 18.4 Å². The van der Waals surface area contributed by atoms with Crippen LogP contribution in [-0.2, 0) is 47.5 Å². The molecule has 13 nitrogen and oxygen atoms in total. The summed E-state index contributed by atoms with van der Waals surface area (Å²) in [7, 11) is 4.46. The van der Waals surface area contributed by atoms with Crippen LogP contribution in [0.2, 0.25) is 0 Å². The maximum Gasteiger partial charge on any atom is 0.330 e. The number of esters is 1. The number of methoxy groups -OCH3 is 3. The van der Waals surface area contributed by atoms with Crippen LogP contribution in [0.5, 0.6) is 0 Å². The molecule has 0 unspecified atom stereocenters.